The number of thioether (sulfide) groups is 1. The lowest BCUT2D eigenvalue weighted by molar-refractivity contribution is -0.384. The Morgan fingerprint density at radius 1 is 1.14 bits per heavy atom. The van der Waals surface area contributed by atoms with Crippen LogP contribution in [0.2, 0.25) is 0 Å². The van der Waals surface area contributed by atoms with Gasteiger partial charge in [-0.2, -0.15) is 4.31 Å². The number of sulfonamides is 1. The molecule has 1 aromatic heterocycles. The van der Waals surface area contributed by atoms with E-state index in [1.54, 1.807) is 24.3 Å². The van der Waals surface area contributed by atoms with E-state index < -0.39 is 14.9 Å². The summed E-state index contributed by atoms with van der Waals surface area (Å²) in [4.78, 5) is 14.6. The first-order chi connectivity index (χ1) is 13.5. The fourth-order valence-electron chi connectivity index (χ4n) is 2.77. The molecule has 8 nitrogen and oxygen atoms in total. The van der Waals surface area contributed by atoms with Crippen LogP contribution >= 0.6 is 11.8 Å². The fraction of sp³-hybridized carbons (Fsp3) is 0.389. The number of nitro groups is 1. The summed E-state index contributed by atoms with van der Waals surface area (Å²) in [6.45, 7) is 1.63. The number of nitrogens with zero attached hydrogens (tertiary/aromatic N) is 3. The van der Waals surface area contributed by atoms with Gasteiger partial charge in [-0.15, -0.1) is 11.8 Å². The van der Waals surface area contributed by atoms with Gasteiger partial charge < -0.3 is 4.74 Å². The second-order valence-electron chi connectivity index (χ2n) is 6.24. The number of benzene rings is 1. The monoisotopic (exact) mass is 423 g/mol. The predicted octanol–water partition coefficient (Wildman–Crippen LogP) is 3.34. The number of nitro benzene ring substituents is 1. The molecule has 0 unspecified atom stereocenters. The summed E-state index contributed by atoms with van der Waals surface area (Å²) < 4.78 is 32.0. The molecule has 3 rings (SSSR count). The highest BCUT2D eigenvalue weighted by atomic mass is 32.2. The van der Waals surface area contributed by atoms with Crippen LogP contribution in [0.3, 0.4) is 0 Å². The zero-order valence-corrected chi connectivity index (χ0v) is 16.8. The van der Waals surface area contributed by atoms with E-state index in [9.17, 15) is 18.5 Å². The molecule has 0 radical (unpaired) electrons. The van der Waals surface area contributed by atoms with Crippen LogP contribution in [-0.4, -0.2) is 48.1 Å². The van der Waals surface area contributed by atoms with E-state index >= 15 is 0 Å². The van der Waals surface area contributed by atoms with Crippen LogP contribution in [0.1, 0.15) is 19.3 Å². The molecule has 1 saturated heterocycles. The molecule has 0 aliphatic carbocycles. The molecule has 0 spiro atoms. The SMILES string of the molecule is O=[N+]([O-])c1ccc(OCCCSc2ccc(S(=O)(=O)N3CCCC3)cn2)cc1. The third kappa shape index (κ3) is 5.21. The lowest BCUT2D eigenvalue weighted by atomic mass is 10.3. The molecule has 10 heteroatoms. The van der Waals surface area contributed by atoms with Crippen molar-refractivity contribution in [3.63, 3.8) is 0 Å². The van der Waals surface area contributed by atoms with Gasteiger partial charge in [-0.1, -0.05) is 0 Å². The van der Waals surface area contributed by atoms with Crippen LogP contribution < -0.4 is 4.74 Å². The summed E-state index contributed by atoms with van der Waals surface area (Å²) in [5.41, 5.74) is 0.0316. The topological polar surface area (TPSA) is 103 Å². The van der Waals surface area contributed by atoms with Crippen molar-refractivity contribution in [1.29, 1.82) is 0 Å². The minimum absolute atomic E-state index is 0.0316. The molecule has 0 saturated carbocycles. The lowest BCUT2D eigenvalue weighted by Gasteiger charge is -2.15. The van der Waals surface area contributed by atoms with Gasteiger partial charge in [-0.25, -0.2) is 13.4 Å². The summed E-state index contributed by atoms with van der Waals surface area (Å²) in [7, 11) is -3.42. The maximum atomic E-state index is 12.5. The van der Waals surface area contributed by atoms with E-state index in [0.29, 0.717) is 25.4 Å². The number of hydrogen-bond acceptors (Lipinski definition) is 7. The number of non-ortho nitro benzene ring substituents is 1. The lowest BCUT2D eigenvalue weighted by Crippen LogP contribution is -2.27. The summed E-state index contributed by atoms with van der Waals surface area (Å²) in [5, 5.41) is 11.4. The second kappa shape index (κ2) is 9.35. The van der Waals surface area contributed by atoms with E-state index in [4.69, 9.17) is 4.74 Å². The summed E-state index contributed by atoms with van der Waals surface area (Å²) in [6, 6.07) is 9.30. The zero-order chi connectivity index (χ0) is 20.0. The number of ether oxygens (including phenoxy) is 1. The first-order valence-electron chi connectivity index (χ1n) is 8.93. The Morgan fingerprint density at radius 3 is 2.46 bits per heavy atom. The Balaban J connectivity index is 1.42. The van der Waals surface area contributed by atoms with Gasteiger partial charge >= 0.3 is 0 Å². The number of pyridine rings is 1. The number of aromatic nitrogens is 1. The van der Waals surface area contributed by atoms with Crippen molar-refractivity contribution in [3.05, 3.63) is 52.7 Å². The largest absolute Gasteiger partial charge is 0.494 e. The minimum atomic E-state index is -3.42. The zero-order valence-electron chi connectivity index (χ0n) is 15.2. The molecular formula is C18H21N3O5S2. The Hall–Kier alpha value is -2.17. The summed E-state index contributed by atoms with van der Waals surface area (Å²) in [5.74, 6) is 1.35. The highest BCUT2D eigenvalue weighted by molar-refractivity contribution is 7.99. The van der Waals surface area contributed by atoms with Crippen molar-refractivity contribution in [3.8, 4) is 5.75 Å². The first-order valence-corrected chi connectivity index (χ1v) is 11.4. The van der Waals surface area contributed by atoms with Gasteiger partial charge in [0, 0.05) is 37.2 Å². The van der Waals surface area contributed by atoms with E-state index in [2.05, 4.69) is 4.98 Å². The van der Waals surface area contributed by atoms with Crippen LogP contribution in [0.5, 0.6) is 5.75 Å². The predicted molar refractivity (Wildman–Crippen MR) is 106 cm³/mol. The Morgan fingerprint density at radius 2 is 1.86 bits per heavy atom. The Kier molecular flexibility index (Phi) is 6.87. The van der Waals surface area contributed by atoms with Crippen molar-refractivity contribution >= 4 is 27.5 Å². The molecule has 1 fully saturated rings. The molecule has 28 heavy (non-hydrogen) atoms. The minimum Gasteiger partial charge on any atom is -0.494 e. The fourth-order valence-corrected chi connectivity index (χ4v) is 5.00. The smallest absolute Gasteiger partial charge is 0.269 e. The van der Waals surface area contributed by atoms with E-state index in [0.717, 1.165) is 30.0 Å². The van der Waals surface area contributed by atoms with E-state index in [1.165, 1.54) is 34.4 Å². The van der Waals surface area contributed by atoms with Gasteiger partial charge in [-0.3, -0.25) is 10.1 Å². The average molecular weight is 424 g/mol. The molecule has 0 amide bonds. The maximum absolute atomic E-state index is 12.5. The van der Waals surface area contributed by atoms with Crippen molar-refractivity contribution in [2.75, 3.05) is 25.4 Å². The van der Waals surface area contributed by atoms with Gasteiger partial charge in [0.05, 0.1) is 16.6 Å². The third-order valence-electron chi connectivity index (χ3n) is 4.27. The molecule has 0 bridgehead atoms. The molecular weight excluding hydrogens is 402 g/mol. The first kappa shape index (κ1) is 20.6. The van der Waals surface area contributed by atoms with Crippen molar-refractivity contribution < 1.29 is 18.1 Å². The molecule has 1 aromatic carbocycles. The van der Waals surface area contributed by atoms with Gasteiger partial charge in [0.15, 0.2) is 0 Å². The molecule has 150 valence electrons. The van der Waals surface area contributed by atoms with Gasteiger partial charge in [0.1, 0.15) is 10.6 Å². The summed E-state index contributed by atoms with van der Waals surface area (Å²) in [6.07, 6.45) is 3.99. The highest BCUT2D eigenvalue weighted by Gasteiger charge is 2.27. The average Bonchev–Trinajstić information content (AvgIpc) is 3.24. The molecule has 2 aromatic rings. The maximum Gasteiger partial charge on any atom is 0.269 e. The van der Waals surface area contributed by atoms with E-state index in [-0.39, 0.29) is 10.6 Å². The second-order valence-corrected chi connectivity index (χ2v) is 9.30. The molecule has 0 atom stereocenters. The molecule has 1 aliphatic heterocycles. The van der Waals surface area contributed by atoms with Gasteiger partial charge in [0.2, 0.25) is 10.0 Å². The Bertz CT molecular complexity index is 896. The van der Waals surface area contributed by atoms with E-state index in [1.807, 2.05) is 0 Å². The van der Waals surface area contributed by atoms with Crippen LogP contribution in [-0.2, 0) is 10.0 Å². The normalized spacial score (nSPS) is 14.9. The van der Waals surface area contributed by atoms with Crippen LogP contribution in [0, 0.1) is 10.1 Å². The standard InChI is InChI=1S/C18H21N3O5S2/c22-21(23)15-4-6-16(7-5-15)26-12-3-13-27-18-9-8-17(14-19-18)28(24,25)20-10-1-2-11-20/h4-9,14H,1-3,10-13H2. The summed E-state index contributed by atoms with van der Waals surface area (Å²) >= 11 is 1.52. The number of rotatable bonds is 9. The molecule has 0 N–H and O–H groups in total. The highest BCUT2D eigenvalue weighted by Crippen LogP contribution is 2.23. The van der Waals surface area contributed by atoms with Crippen molar-refractivity contribution in [2.45, 2.75) is 29.2 Å². The van der Waals surface area contributed by atoms with Gasteiger partial charge in [-0.05, 0) is 43.5 Å². The Labute approximate surface area is 168 Å². The number of hydrogen-bond donors (Lipinski definition) is 0. The van der Waals surface area contributed by atoms with Crippen LogP contribution in [0.4, 0.5) is 5.69 Å². The molecule has 2 heterocycles. The van der Waals surface area contributed by atoms with Gasteiger partial charge in [0.25, 0.3) is 5.69 Å². The van der Waals surface area contributed by atoms with Crippen LogP contribution in [0.15, 0.2) is 52.5 Å². The quantitative estimate of drug-likeness (QED) is 0.264. The van der Waals surface area contributed by atoms with Crippen molar-refractivity contribution in [1.82, 2.24) is 9.29 Å². The third-order valence-corrected chi connectivity index (χ3v) is 7.18. The van der Waals surface area contributed by atoms with Crippen molar-refractivity contribution in [2.24, 2.45) is 0 Å². The van der Waals surface area contributed by atoms with Crippen LogP contribution in [0.25, 0.3) is 0 Å². The molecule has 1 aliphatic rings.